The Hall–Kier alpha value is -8.41. The molecule has 12 aromatic rings. The molecule has 0 atom stereocenters. The van der Waals surface area contributed by atoms with Crippen LogP contribution in [0.5, 0.6) is 0 Å². The van der Waals surface area contributed by atoms with Gasteiger partial charge in [0, 0.05) is 49.5 Å². The molecular weight excluding hydrogens is 757 g/mol. The quantitative estimate of drug-likeness (QED) is 0.161. The summed E-state index contributed by atoms with van der Waals surface area (Å²) in [6.45, 7) is 0. The molecule has 0 bridgehead atoms. The first-order valence-electron chi connectivity index (χ1n) is 23.3. The fraction of sp³-hybridized carbons (Fsp3) is 0. The molecule has 0 fully saturated rings. The minimum absolute atomic E-state index is 0.0107. The number of para-hydroxylation sites is 2. The molecule has 0 aliphatic carbocycles. The monoisotopic (exact) mass is 798 g/mol. The molecule has 0 amide bonds. The average Bonchev–Trinajstić information content (AvgIpc) is 3.95. The summed E-state index contributed by atoms with van der Waals surface area (Å²) in [7, 11) is 0. The maximum Gasteiger partial charge on any atom is 0.164 e. The maximum absolute atomic E-state index is 9.05. The number of aromatic nitrogens is 4. The molecule has 290 valence electrons. The molecule has 3 heterocycles. The van der Waals surface area contributed by atoms with E-state index in [1.807, 2.05) is 121 Å². The van der Waals surface area contributed by atoms with Crippen LogP contribution in [0.1, 0.15) is 8.22 Å². The molecule has 5 heteroatoms. The van der Waals surface area contributed by atoms with E-state index in [4.69, 9.17) is 27.6 Å². The van der Waals surface area contributed by atoms with E-state index in [0.29, 0.717) is 45.4 Å². The Kier molecular flexibility index (Phi) is 7.05. The Balaban J connectivity index is 0.923. The number of furan rings is 1. The van der Waals surface area contributed by atoms with Gasteiger partial charge in [0.25, 0.3) is 0 Å². The summed E-state index contributed by atoms with van der Waals surface area (Å²) in [5.74, 6) is 1.83. The van der Waals surface area contributed by atoms with Crippen molar-refractivity contribution in [2.24, 2.45) is 0 Å². The van der Waals surface area contributed by atoms with E-state index in [1.54, 1.807) is 4.57 Å². The average molecular weight is 799 g/mol. The van der Waals surface area contributed by atoms with Crippen LogP contribution in [-0.2, 0) is 0 Å². The SMILES string of the molecule is [2H]c1cc([2H])c2c(c1[2H])c1c([2H])c([2H])cc([2H])c1n2-c1cc(-c2ccccc2)c2oc3cc(-c4ccc(-c5ccc(-c6nc(-c7ccccc7)nc(-c7ccccc7)n6)cc5)cc4)ccc3c2c1. The van der Waals surface area contributed by atoms with Crippen LogP contribution in [-0.4, -0.2) is 19.5 Å². The zero-order valence-corrected chi connectivity index (χ0v) is 33.0. The lowest BCUT2D eigenvalue weighted by Crippen LogP contribution is -2.00. The molecule has 12 rings (SSSR count). The number of nitrogens with zero attached hydrogens (tertiary/aromatic N) is 4. The van der Waals surface area contributed by atoms with Crippen LogP contribution in [0.15, 0.2) is 223 Å². The van der Waals surface area contributed by atoms with E-state index in [-0.39, 0.29) is 47.0 Å². The zero-order chi connectivity index (χ0) is 46.2. The normalized spacial score (nSPS) is 12.9. The standard InChI is InChI=1S/C57H36N4O/c1-4-14-40(15-5-1)49-35-45(61-51-22-12-10-20-46(51)47-21-11-13-23-52(47)61)36-50-48-33-32-44(34-53(48)62-54(49)50)39-26-24-37(25-27-39)38-28-30-43(31-29-38)57-59-55(41-16-6-2-7-17-41)58-56(60-57)42-18-8-3-9-19-42/h1-36H/i10D,11D,20D,21D,22D,23D. The molecule has 0 aliphatic heterocycles. The predicted octanol–water partition coefficient (Wildman–Crippen LogP) is 14.9. The first kappa shape index (κ1) is 29.7. The van der Waals surface area contributed by atoms with E-state index >= 15 is 0 Å². The van der Waals surface area contributed by atoms with Crippen molar-refractivity contribution < 1.29 is 12.6 Å². The summed E-state index contributed by atoms with van der Waals surface area (Å²) in [5.41, 5.74) is 11.1. The van der Waals surface area contributed by atoms with Crippen molar-refractivity contribution in [2.75, 3.05) is 0 Å². The summed E-state index contributed by atoms with van der Waals surface area (Å²) in [6.07, 6.45) is 0. The van der Waals surface area contributed by atoms with Gasteiger partial charge >= 0.3 is 0 Å². The number of hydrogen-bond acceptors (Lipinski definition) is 4. The highest BCUT2D eigenvalue weighted by atomic mass is 16.3. The van der Waals surface area contributed by atoms with Gasteiger partial charge in [-0.15, -0.1) is 0 Å². The highest BCUT2D eigenvalue weighted by molar-refractivity contribution is 6.13. The van der Waals surface area contributed by atoms with Crippen LogP contribution < -0.4 is 0 Å². The molecule has 0 N–H and O–H groups in total. The van der Waals surface area contributed by atoms with E-state index in [9.17, 15) is 0 Å². The van der Waals surface area contributed by atoms with Crippen LogP contribution in [0.3, 0.4) is 0 Å². The van der Waals surface area contributed by atoms with Crippen LogP contribution >= 0.6 is 0 Å². The summed E-state index contributed by atoms with van der Waals surface area (Å²) >= 11 is 0. The van der Waals surface area contributed by atoms with Gasteiger partial charge in [0.15, 0.2) is 17.5 Å². The summed E-state index contributed by atoms with van der Waals surface area (Å²) < 4.78 is 61.3. The van der Waals surface area contributed by atoms with E-state index in [1.165, 1.54) is 12.1 Å². The summed E-state index contributed by atoms with van der Waals surface area (Å²) in [5, 5.41) is 2.11. The smallest absolute Gasteiger partial charge is 0.164 e. The van der Waals surface area contributed by atoms with Crippen molar-refractivity contribution in [1.82, 2.24) is 19.5 Å². The number of hydrogen-bond donors (Lipinski definition) is 0. The molecule has 0 unspecified atom stereocenters. The lowest BCUT2D eigenvalue weighted by molar-refractivity contribution is 0.670. The number of fused-ring (bicyclic) bond motifs is 6. The van der Waals surface area contributed by atoms with Gasteiger partial charge < -0.3 is 8.98 Å². The van der Waals surface area contributed by atoms with Gasteiger partial charge in [0.1, 0.15) is 11.2 Å². The lowest BCUT2D eigenvalue weighted by Gasteiger charge is -2.11. The molecule has 0 saturated carbocycles. The molecule has 0 aliphatic rings. The van der Waals surface area contributed by atoms with Gasteiger partial charge in [-0.2, -0.15) is 0 Å². The van der Waals surface area contributed by atoms with Crippen LogP contribution in [0, 0.1) is 0 Å². The molecule has 62 heavy (non-hydrogen) atoms. The highest BCUT2D eigenvalue weighted by Gasteiger charge is 2.19. The third-order valence-electron chi connectivity index (χ3n) is 11.4. The van der Waals surface area contributed by atoms with Gasteiger partial charge in [-0.25, -0.2) is 15.0 Å². The fourth-order valence-electron chi connectivity index (χ4n) is 8.38. The topological polar surface area (TPSA) is 56.7 Å². The second-order valence-electron chi connectivity index (χ2n) is 15.1. The lowest BCUT2D eigenvalue weighted by atomic mass is 9.98. The maximum atomic E-state index is 9.05. The van der Waals surface area contributed by atoms with Crippen molar-refractivity contribution in [3.05, 3.63) is 218 Å². The molecule has 0 saturated heterocycles. The van der Waals surface area contributed by atoms with Crippen LogP contribution in [0.25, 0.3) is 117 Å². The van der Waals surface area contributed by atoms with Gasteiger partial charge in [0.05, 0.1) is 19.3 Å². The largest absolute Gasteiger partial charge is 0.455 e. The van der Waals surface area contributed by atoms with E-state index in [0.717, 1.165) is 60.8 Å². The van der Waals surface area contributed by atoms with E-state index < -0.39 is 0 Å². The Morgan fingerprint density at radius 3 is 1.35 bits per heavy atom. The third kappa shape index (κ3) is 6.14. The first-order valence-corrected chi connectivity index (χ1v) is 20.3. The van der Waals surface area contributed by atoms with E-state index in [2.05, 4.69) is 48.5 Å². The zero-order valence-electron chi connectivity index (χ0n) is 39.0. The van der Waals surface area contributed by atoms with Gasteiger partial charge in [0.2, 0.25) is 0 Å². The molecule has 9 aromatic carbocycles. The molecule has 5 nitrogen and oxygen atoms in total. The number of rotatable bonds is 7. The fourth-order valence-corrected chi connectivity index (χ4v) is 8.38. The highest BCUT2D eigenvalue weighted by Crippen LogP contribution is 2.41. The third-order valence-corrected chi connectivity index (χ3v) is 11.4. The summed E-state index contributed by atoms with van der Waals surface area (Å²) in [6, 6.07) is 58.6. The minimum atomic E-state index is -0.156. The Morgan fingerprint density at radius 2 is 0.823 bits per heavy atom. The van der Waals surface area contributed by atoms with Crippen molar-refractivity contribution in [3.8, 4) is 73.2 Å². The summed E-state index contributed by atoms with van der Waals surface area (Å²) in [4.78, 5) is 14.6. The van der Waals surface area contributed by atoms with Gasteiger partial charge in [-0.1, -0.05) is 182 Å². The molecule has 0 radical (unpaired) electrons. The predicted molar refractivity (Wildman–Crippen MR) is 254 cm³/mol. The van der Waals surface area contributed by atoms with Gasteiger partial charge in [-0.3, -0.25) is 0 Å². The molecule has 3 aromatic heterocycles. The Bertz CT molecular complexity index is 3820. The van der Waals surface area contributed by atoms with Crippen molar-refractivity contribution in [2.45, 2.75) is 0 Å². The second kappa shape index (κ2) is 14.7. The Labute approximate surface area is 366 Å². The second-order valence-corrected chi connectivity index (χ2v) is 15.1. The minimum Gasteiger partial charge on any atom is -0.455 e. The van der Waals surface area contributed by atoms with Gasteiger partial charge in [-0.05, 0) is 64.2 Å². The number of benzene rings is 9. The van der Waals surface area contributed by atoms with Crippen molar-refractivity contribution in [1.29, 1.82) is 0 Å². The first-order chi connectivity index (χ1) is 33.2. The van der Waals surface area contributed by atoms with Crippen LogP contribution in [0.2, 0.25) is 0 Å². The molecule has 0 spiro atoms. The Morgan fingerprint density at radius 1 is 0.371 bits per heavy atom. The van der Waals surface area contributed by atoms with Crippen molar-refractivity contribution >= 4 is 43.7 Å². The van der Waals surface area contributed by atoms with Crippen molar-refractivity contribution in [3.63, 3.8) is 0 Å². The molecular formula is C57H36N4O. The van der Waals surface area contributed by atoms with Crippen LogP contribution in [0.4, 0.5) is 0 Å².